The summed E-state index contributed by atoms with van der Waals surface area (Å²) in [4.78, 5) is 9.02. The van der Waals surface area contributed by atoms with Gasteiger partial charge in [-0.3, -0.25) is 0 Å². The Morgan fingerprint density at radius 1 is 1.44 bits per heavy atom. The highest BCUT2D eigenvalue weighted by atomic mass is 79.9. The first kappa shape index (κ1) is 12.4. The molecular weight excluding hydrogens is 314 g/mol. The van der Waals surface area contributed by atoms with E-state index in [1.54, 1.807) is 0 Å². The number of fused-ring (bicyclic) bond motifs is 1. The third kappa shape index (κ3) is 2.28. The first-order valence-electron chi connectivity index (χ1n) is 6.34. The molecule has 2 aromatic rings. The molecule has 1 aliphatic carbocycles. The van der Waals surface area contributed by atoms with Crippen molar-refractivity contribution in [2.75, 3.05) is 0 Å². The summed E-state index contributed by atoms with van der Waals surface area (Å²) < 4.78 is 3.13. The molecule has 0 unspecified atom stereocenters. The molecule has 0 spiro atoms. The summed E-state index contributed by atoms with van der Waals surface area (Å²) in [5.74, 6) is 2.26. The van der Waals surface area contributed by atoms with Gasteiger partial charge in [0.15, 0.2) is 5.65 Å². The summed E-state index contributed by atoms with van der Waals surface area (Å²) in [5, 5.41) is 0. The fourth-order valence-corrected chi connectivity index (χ4v) is 2.99. The van der Waals surface area contributed by atoms with Crippen molar-refractivity contribution in [3.63, 3.8) is 0 Å². The van der Waals surface area contributed by atoms with E-state index < -0.39 is 0 Å². The lowest BCUT2D eigenvalue weighted by Crippen LogP contribution is -2.15. The number of alkyl halides is 1. The lowest BCUT2D eigenvalue weighted by molar-refractivity contribution is 0.282. The van der Waals surface area contributed by atoms with Gasteiger partial charge in [-0.15, -0.1) is 11.6 Å². The highest BCUT2D eigenvalue weighted by Gasteiger charge is 2.19. The van der Waals surface area contributed by atoms with Crippen LogP contribution in [0.3, 0.4) is 0 Å². The number of hydrogen-bond donors (Lipinski definition) is 0. The Bertz CT molecular complexity index is 563. The van der Waals surface area contributed by atoms with Gasteiger partial charge in [0, 0.05) is 17.2 Å². The molecule has 0 radical (unpaired) electrons. The number of aryl methyl sites for hydroxylation is 1. The Balaban J connectivity index is 1.91. The van der Waals surface area contributed by atoms with Gasteiger partial charge in [-0.25, -0.2) is 9.97 Å². The molecule has 1 fully saturated rings. The summed E-state index contributed by atoms with van der Waals surface area (Å²) in [5.41, 5.74) is 1.88. The summed E-state index contributed by atoms with van der Waals surface area (Å²) in [6, 6.07) is 2.00. The molecular formula is C13H15BrClN3. The van der Waals surface area contributed by atoms with E-state index in [1.165, 1.54) is 25.7 Å². The summed E-state index contributed by atoms with van der Waals surface area (Å²) in [7, 11) is 0. The molecule has 0 bridgehead atoms. The normalized spacial score (nSPS) is 16.1. The lowest BCUT2D eigenvalue weighted by Gasteiger charge is -2.25. The van der Waals surface area contributed by atoms with Gasteiger partial charge >= 0.3 is 0 Å². The maximum atomic E-state index is 5.98. The molecule has 1 saturated carbocycles. The Hall–Kier alpha value is -0.610. The number of rotatable bonds is 4. The number of imidazole rings is 1. The predicted octanol–water partition coefficient (Wildman–Crippen LogP) is 4.12. The molecule has 5 heteroatoms. The van der Waals surface area contributed by atoms with Crippen LogP contribution in [0.4, 0.5) is 0 Å². The topological polar surface area (TPSA) is 30.7 Å². The highest BCUT2D eigenvalue weighted by molar-refractivity contribution is 9.10. The number of halogens is 2. The zero-order chi connectivity index (χ0) is 12.5. The van der Waals surface area contributed by atoms with Crippen LogP contribution in [0, 0.1) is 5.92 Å². The second-order valence-corrected chi connectivity index (χ2v) is 6.08. The van der Waals surface area contributed by atoms with E-state index in [1.807, 2.05) is 12.3 Å². The van der Waals surface area contributed by atoms with Gasteiger partial charge in [-0.1, -0.05) is 19.3 Å². The van der Waals surface area contributed by atoms with Gasteiger partial charge in [0.05, 0.1) is 5.88 Å². The second kappa shape index (κ2) is 5.17. The largest absolute Gasteiger partial charge is 0.312 e. The third-order valence-corrected chi connectivity index (χ3v) is 4.41. The van der Waals surface area contributed by atoms with Crippen LogP contribution in [0.25, 0.3) is 11.2 Å². The Morgan fingerprint density at radius 2 is 2.28 bits per heavy atom. The average molecular weight is 329 g/mol. The predicted molar refractivity (Wildman–Crippen MR) is 76.7 cm³/mol. The fraction of sp³-hybridized carbons (Fsp3) is 0.538. The maximum Gasteiger partial charge on any atom is 0.160 e. The Morgan fingerprint density at radius 3 is 2.94 bits per heavy atom. The number of aromatic nitrogens is 3. The quantitative estimate of drug-likeness (QED) is 0.790. The van der Waals surface area contributed by atoms with Crippen LogP contribution in [-0.2, 0) is 12.4 Å². The van der Waals surface area contributed by atoms with E-state index in [0.717, 1.165) is 33.9 Å². The van der Waals surface area contributed by atoms with Crippen LogP contribution in [0.1, 0.15) is 31.5 Å². The van der Waals surface area contributed by atoms with E-state index in [2.05, 4.69) is 30.5 Å². The first-order valence-corrected chi connectivity index (χ1v) is 7.67. The minimum atomic E-state index is 0.443. The molecule has 0 saturated heterocycles. The monoisotopic (exact) mass is 327 g/mol. The fourth-order valence-electron chi connectivity index (χ4n) is 2.46. The van der Waals surface area contributed by atoms with E-state index >= 15 is 0 Å². The highest BCUT2D eigenvalue weighted by Crippen LogP contribution is 2.30. The molecule has 2 heterocycles. The minimum Gasteiger partial charge on any atom is -0.312 e. The van der Waals surface area contributed by atoms with E-state index in [-0.39, 0.29) is 0 Å². The standard InChI is InChI=1S/C13H15BrClN3/c14-10-6-11-13(16-8-10)18(12(7-15)17-11)5-4-9-2-1-3-9/h6,8-9H,1-5,7H2. The smallest absolute Gasteiger partial charge is 0.160 e. The zero-order valence-electron chi connectivity index (χ0n) is 10.1. The Labute approximate surface area is 120 Å². The summed E-state index contributed by atoms with van der Waals surface area (Å²) in [6.07, 6.45) is 7.18. The number of pyridine rings is 1. The lowest BCUT2D eigenvalue weighted by atomic mass is 9.83. The van der Waals surface area contributed by atoms with Gasteiger partial charge in [0.2, 0.25) is 0 Å². The minimum absolute atomic E-state index is 0.443. The molecule has 18 heavy (non-hydrogen) atoms. The van der Waals surface area contributed by atoms with Crippen LogP contribution in [0.5, 0.6) is 0 Å². The molecule has 96 valence electrons. The number of hydrogen-bond acceptors (Lipinski definition) is 2. The van der Waals surface area contributed by atoms with Gasteiger partial charge in [-0.05, 0) is 34.3 Å². The molecule has 0 aromatic carbocycles. The van der Waals surface area contributed by atoms with Crippen molar-refractivity contribution in [3.05, 3.63) is 22.6 Å². The molecule has 2 aromatic heterocycles. The maximum absolute atomic E-state index is 5.98. The van der Waals surface area contributed by atoms with E-state index in [9.17, 15) is 0 Å². The van der Waals surface area contributed by atoms with E-state index in [4.69, 9.17) is 11.6 Å². The van der Waals surface area contributed by atoms with E-state index in [0.29, 0.717) is 5.88 Å². The summed E-state index contributed by atoms with van der Waals surface area (Å²) >= 11 is 9.41. The summed E-state index contributed by atoms with van der Waals surface area (Å²) in [6.45, 7) is 0.984. The van der Waals surface area contributed by atoms with Crippen molar-refractivity contribution in [2.45, 2.75) is 38.1 Å². The van der Waals surface area contributed by atoms with Gasteiger partial charge < -0.3 is 4.57 Å². The average Bonchev–Trinajstić information content (AvgIpc) is 2.64. The molecule has 3 nitrogen and oxygen atoms in total. The SMILES string of the molecule is ClCc1nc2cc(Br)cnc2n1CCC1CCC1. The van der Waals surface area contributed by atoms with Gasteiger partial charge in [0.25, 0.3) is 0 Å². The van der Waals surface area contributed by atoms with Crippen molar-refractivity contribution >= 4 is 38.7 Å². The van der Waals surface area contributed by atoms with Gasteiger partial charge in [0.1, 0.15) is 11.3 Å². The van der Waals surface area contributed by atoms with Crippen molar-refractivity contribution in [1.29, 1.82) is 0 Å². The van der Waals surface area contributed by atoms with Crippen molar-refractivity contribution in [2.24, 2.45) is 5.92 Å². The second-order valence-electron chi connectivity index (χ2n) is 4.90. The molecule has 0 N–H and O–H groups in total. The van der Waals surface area contributed by atoms with Crippen LogP contribution in [-0.4, -0.2) is 14.5 Å². The first-order chi connectivity index (χ1) is 8.78. The van der Waals surface area contributed by atoms with Crippen LogP contribution < -0.4 is 0 Å². The Kier molecular flexibility index (Phi) is 3.57. The molecule has 0 aliphatic heterocycles. The van der Waals surface area contributed by atoms with Gasteiger partial charge in [-0.2, -0.15) is 0 Å². The third-order valence-electron chi connectivity index (χ3n) is 3.74. The van der Waals surface area contributed by atoms with Crippen LogP contribution in [0.15, 0.2) is 16.7 Å². The van der Waals surface area contributed by atoms with Crippen molar-refractivity contribution in [1.82, 2.24) is 14.5 Å². The van der Waals surface area contributed by atoms with Crippen molar-refractivity contribution < 1.29 is 0 Å². The molecule has 0 amide bonds. The molecule has 0 atom stereocenters. The number of nitrogens with zero attached hydrogens (tertiary/aromatic N) is 3. The zero-order valence-corrected chi connectivity index (χ0v) is 12.4. The van der Waals surface area contributed by atoms with Crippen LogP contribution in [0.2, 0.25) is 0 Å². The molecule has 3 rings (SSSR count). The molecule has 1 aliphatic rings. The van der Waals surface area contributed by atoms with Crippen LogP contribution >= 0.6 is 27.5 Å². The van der Waals surface area contributed by atoms with Crippen molar-refractivity contribution in [3.8, 4) is 0 Å².